The molecule has 1 heterocycles. The second-order valence-electron chi connectivity index (χ2n) is 5.03. The van der Waals surface area contributed by atoms with Crippen molar-refractivity contribution in [1.29, 1.82) is 5.26 Å². The predicted octanol–water partition coefficient (Wildman–Crippen LogP) is 3.93. The fourth-order valence-electron chi connectivity index (χ4n) is 2.20. The maximum absolute atomic E-state index is 11.2. The van der Waals surface area contributed by atoms with Crippen LogP contribution in [0.4, 0.5) is 0 Å². The Morgan fingerprint density at radius 3 is 2.83 bits per heavy atom. The molecule has 0 amide bonds. The monoisotopic (exact) mass is 338 g/mol. The van der Waals surface area contributed by atoms with Crippen LogP contribution in [-0.4, -0.2) is 12.1 Å². The van der Waals surface area contributed by atoms with Crippen molar-refractivity contribution in [2.24, 2.45) is 0 Å². The standard InChI is InChI=1S/C18H14N2O3S/c1-22-14-5-2-12(3-6-14)11-24-15(10-19)8-13-4-7-17-16(9-13)20-18(21)23-17/h2-9H,11H2,1H3,(H,20,21)/b15-8+. The molecule has 3 rings (SSSR count). The number of aromatic amines is 1. The third-order valence-electron chi connectivity index (χ3n) is 3.40. The van der Waals surface area contributed by atoms with E-state index in [0.29, 0.717) is 21.8 Å². The first kappa shape index (κ1) is 16.0. The Labute approximate surface area is 142 Å². The summed E-state index contributed by atoms with van der Waals surface area (Å²) >= 11 is 1.46. The van der Waals surface area contributed by atoms with E-state index in [0.717, 1.165) is 16.9 Å². The highest BCUT2D eigenvalue weighted by molar-refractivity contribution is 8.02. The Hall–Kier alpha value is -2.91. The molecule has 2 aromatic carbocycles. The minimum absolute atomic E-state index is 0.486. The van der Waals surface area contributed by atoms with Gasteiger partial charge in [0.25, 0.3) is 0 Å². The van der Waals surface area contributed by atoms with Crippen LogP contribution in [-0.2, 0) is 5.75 Å². The van der Waals surface area contributed by atoms with Crippen LogP contribution in [0.2, 0.25) is 0 Å². The third-order valence-corrected chi connectivity index (χ3v) is 4.40. The number of allylic oxidation sites excluding steroid dienone is 1. The molecule has 0 saturated carbocycles. The molecule has 0 saturated heterocycles. The Bertz CT molecular complexity index is 978. The molecule has 3 aromatic rings. The number of hydrogen-bond donors (Lipinski definition) is 1. The van der Waals surface area contributed by atoms with Gasteiger partial charge in [0.15, 0.2) is 5.58 Å². The number of nitrogens with one attached hydrogen (secondary N) is 1. The second-order valence-corrected chi connectivity index (χ2v) is 6.04. The van der Waals surface area contributed by atoms with Gasteiger partial charge in [-0.2, -0.15) is 5.26 Å². The number of hydrogen-bond acceptors (Lipinski definition) is 5. The van der Waals surface area contributed by atoms with Crippen molar-refractivity contribution in [3.63, 3.8) is 0 Å². The molecule has 120 valence electrons. The largest absolute Gasteiger partial charge is 0.497 e. The fraction of sp³-hybridized carbons (Fsp3) is 0.111. The molecular weight excluding hydrogens is 324 g/mol. The Kier molecular flexibility index (Phi) is 4.73. The number of aromatic nitrogens is 1. The molecule has 1 aromatic heterocycles. The van der Waals surface area contributed by atoms with Crippen LogP contribution in [0.1, 0.15) is 11.1 Å². The zero-order valence-electron chi connectivity index (χ0n) is 12.9. The SMILES string of the molecule is COc1ccc(CS/C(C#N)=C/c2ccc3oc(=O)[nH]c3c2)cc1. The lowest BCUT2D eigenvalue weighted by Gasteiger charge is -2.03. The molecule has 0 aliphatic carbocycles. The minimum atomic E-state index is -0.486. The second kappa shape index (κ2) is 7.11. The van der Waals surface area contributed by atoms with Gasteiger partial charge < -0.3 is 9.15 Å². The fourth-order valence-corrected chi connectivity index (χ4v) is 3.00. The number of benzene rings is 2. The smallest absolute Gasteiger partial charge is 0.417 e. The van der Waals surface area contributed by atoms with E-state index in [1.807, 2.05) is 30.3 Å². The van der Waals surface area contributed by atoms with Gasteiger partial charge in [0, 0.05) is 5.75 Å². The Morgan fingerprint density at radius 2 is 2.12 bits per heavy atom. The van der Waals surface area contributed by atoms with E-state index in [-0.39, 0.29) is 0 Å². The summed E-state index contributed by atoms with van der Waals surface area (Å²) in [6.07, 6.45) is 1.79. The van der Waals surface area contributed by atoms with Gasteiger partial charge in [-0.05, 0) is 41.5 Å². The number of ether oxygens (including phenoxy) is 1. The first-order valence-corrected chi connectivity index (χ1v) is 8.17. The van der Waals surface area contributed by atoms with Gasteiger partial charge in [-0.15, -0.1) is 11.8 Å². The average Bonchev–Trinajstić information content (AvgIpc) is 2.98. The van der Waals surface area contributed by atoms with Gasteiger partial charge in [0.1, 0.15) is 11.8 Å². The van der Waals surface area contributed by atoms with Crippen molar-refractivity contribution in [2.45, 2.75) is 5.75 Å². The zero-order valence-corrected chi connectivity index (χ0v) is 13.7. The summed E-state index contributed by atoms with van der Waals surface area (Å²) in [7, 11) is 1.63. The van der Waals surface area contributed by atoms with Crippen molar-refractivity contribution >= 4 is 28.9 Å². The van der Waals surface area contributed by atoms with Crippen molar-refractivity contribution in [2.75, 3.05) is 7.11 Å². The maximum Gasteiger partial charge on any atom is 0.417 e. The summed E-state index contributed by atoms with van der Waals surface area (Å²) in [4.78, 5) is 14.4. The lowest BCUT2D eigenvalue weighted by molar-refractivity contribution is 0.414. The van der Waals surface area contributed by atoms with Crippen LogP contribution in [0, 0.1) is 11.3 Å². The van der Waals surface area contributed by atoms with E-state index in [2.05, 4.69) is 11.1 Å². The van der Waals surface area contributed by atoms with E-state index in [1.54, 1.807) is 25.3 Å². The highest BCUT2D eigenvalue weighted by atomic mass is 32.2. The van der Waals surface area contributed by atoms with Crippen LogP contribution < -0.4 is 10.5 Å². The number of nitrogens with zero attached hydrogens (tertiary/aromatic N) is 1. The average molecular weight is 338 g/mol. The quantitative estimate of drug-likeness (QED) is 0.713. The zero-order chi connectivity index (χ0) is 16.9. The van der Waals surface area contributed by atoms with Crippen molar-refractivity contribution in [1.82, 2.24) is 4.98 Å². The summed E-state index contributed by atoms with van der Waals surface area (Å²) in [5.74, 6) is 1.01. The van der Waals surface area contributed by atoms with Crippen LogP contribution in [0.25, 0.3) is 17.2 Å². The molecule has 0 aliphatic heterocycles. The summed E-state index contributed by atoms with van der Waals surface area (Å²) in [6, 6.07) is 15.3. The number of methoxy groups -OCH3 is 1. The predicted molar refractivity (Wildman–Crippen MR) is 94.7 cm³/mol. The lowest BCUT2D eigenvalue weighted by atomic mass is 10.2. The first-order chi connectivity index (χ1) is 11.7. The molecule has 0 unspecified atom stereocenters. The van der Waals surface area contributed by atoms with Gasteiger partial charge in [0.2, 0.25) is 0 Å². The van der Waals surface area contributed by atoms with Crippen LogP contribution in [0.15, 0.2) is 56.6 Å². The van der Waals surface area contributed by atoms with Gasteiger partial charge >= 0.3 is 5.76 Å². The van der Waals surface area contributed by atoms with E-state index in [4.69, 9.17) is 9.15 Å². The molecule has 6 heteroatoms. The molecular formula is C18H14N2O3S. The highest BCUT2D eigenvalue weighted by Gasteiger charge is 2.04. The van der Waals surface area contributed by atoms with E-state index in [1.165, 1.54) is 11.8 Å². The van der Waals surface area contributed by atoms with E-state index < -0.39 is 5.76 Å². The molecule has 1 N–H and O–H groups in total. The summed E-state index contributed by atoms with van der Waals surface area (Å²) in [5, 5.41) is 9.33. The Morgan fingerprint density at radius 1 is 1.33 bits per heavy atom. The number of rotatable bonds is 5. The highest BCUT2D eigenvalue weighted by Crippen LogP contribution is 2.25. The molecule has 24 heavy (non-hydrogen) atoms. The van der Waals surface area contributed by atoms with Gasteiger partial charge in [-0.25, -0.2) is 4.79 Å². The van der Waals surface area contributed by atoms with E-state index in [9.17, 15) is 10.1 Å². The minimum Gasteiger partial charge on any atom is -0.497 e. The van der Waals surface area contributed by atoms with Gasteiger partial charge in [-0.1, -0.05) is 18.2 Å². The summed E-state index contributed by atoms with van der Waals surface area (Å²) in [5.41, 5.74) is 3.06. The molecule has 5 nitrogen and oxygen atoms in total. The molecule has 0 bridgehead atoms. The maximum atomic E-state index is 11.2. The molecule has 0 atom stereocenters. The van der Waals surface area contributed by atoms with Crippen LogP contribution in [0.3, 0.4) is 0 Å². The third kappa shape index (κ3) is 3.70. The first-order valence-electron chi connectivity index (χ1n) is 7.18. The summed E-state index contributed by atoms with van der Waals surface area (Å²) < 4.78 is 10.1. The van der Waals surface area contributed by atoms with Gasteiger partial charge in [-0.3, -0.25) is 4.98 Å². The molecule has 0 radical (unpaired) electrons. The molecule has 0 spiro atoms. The number of fused-ring (bicyclic) bond motifs is 1. The van der Waals surface area contributed by atoms with Crippen molar-refractivity contribution < 1.29 is 9.15 Å². The van der Waals surface area contributed by atoms with E-state index >= 15 is 0 Å². The molecule has 0 aliphatic rings. The number of oxazole rings is 1. The Balaban J connectivity index is 1.75. The topological polar surface area (TPSA) is 79.0 Å². The van der Waals surface area contributed by atoms with Crippen molar-refractivity contribution in [3.8, 4) is 11.8 Å². The number of nitriles is 1. The number of thioether (sulfide) groups is 1. The lowest BCUT2D eigenvalue weighted by Crippen LogP contribution is -1.92. The number of H-pyrrole nitrogens is 1. The van der Waals surface area contributed by atoms with Crippen LogP contribution in [0.5, 0.6) is 5.75 Å². The normalized spacial score (nSPS) is 11.4. The van der Waals surface area contributed by atoms with Gasteiger partial charge in [0.05, 0.1) is 17.5 Å². The molecule has 0 fully saturated rings. The van der Waals surface area contributed by atoms with Crippen LogP contribution >= 0.6 is 11.8 Å². The van der Waals surface area contributed by atoms with Crippen molar-refractivity contribution in [3.05, 3.63) is 69.0 Å². The summed E-state index contributed by atoms with van der Waals surface area (Å²) in [6.45, 7) is 0.